The second-order valence-corrected chi connectivity index (χ2v) is 7.64. The summed E-state index contributed by atoms with van der Waals surface area (Å²) >= 11 is 0. The molecule has 3 aromatic rings. The highest BCUT2D eigenvalue weighted by molar-refractivity contribution is 5.79. The summed E-state index contributed by atoms with van der Waals surface area (Å²) in [6.45, 7) is 1.64. The van der Waals surface area contributed by atoms with E-state index in [0.717, 1.165) is 48.1 Å². The van der Waals surface area contributed by atoms with E-state index < -0.39 is 0 Å². The Kier molecular flexibility index (Phi) is 4.78. The first kappa shape index (κ1) is 18.5. The lowest BCUT2D eigenvalue weighted by atomic mass is 9.95. The van der Waals surface area contributed by atoms with E-state index in [1.54, 1.807) is 13.3 Å². The molecule has 1 fully saturated rings. The molecule has 1 saturated carbocycles. The first-order chi connectivity index (χ1) is 14.8. The first-order valence-electron chi connectivity index (χ1n) is 10.1. The fraction of sp³-hybridized carbons (Fsp3) is 0.304. The van der Waals surface area contributed by atoms with Crippen LogP contribution < -0.4 is 20.1 Å². The predicted octanol–water partition coefficient (Wildman–Crippen LogP) is 3.47. The molecule has 2 heterocycles. The number of rotatable bonds is 6. The Morgan fingerprint density at radius 3 is 2.70 bits per heavy atom. The van der Waals surface area contributed by atoms with Crippen LogP contribution in [-0.4, -0.2) is 31.3 Å². The smallest absolute Gasteiger partial charge is 0.231 e. The number of nitrogens with zero attached hydrogens (tertiary/aromatic N) is 2. The lowest BCUT2D eigenvalue weighted by Crippen LogP contribution is -2.40. The number of aliphatic imine (C=N–C) groups is 1. The zero-order chi connectivity index (χ0) is 20.4. The lowest BCUT2D eigenvalue weighted by molar-refractivity contribution is 0.174. The molecular formula is C23H24N4O3. The number of oxazole rings is 1. The fourth-order valence-corrected chi connectivity index (χ4v) is 3.69. The summed E-state index contributed by atoms with van der Waals surface area (Å²) in [5, 5.41) is 6.77. The van der Waals surface area contributed by atoms with Crippen LogP contribution >= 0.6 is 0 Å². The van der Waals surface area contributed by atoms with Gasteiger partial charge in [0.1, 0.15) is 6.26 Å². The molecule has 0 spiro atoms. The monoisotopic (exact) mass is 404 g/mol. The second-order valence-electron chi connectivity index (χ2n) is 7.64. The van der Waals surface area contributed by atoms with Crippen LogP contribution in [0.15, 0.2) is 64.2 Å². The third kappa shape index (κ3) is 3.70. The molecule has 154 valence electrons. The number of benzene rings is 2. The molecule has 5 rings (SSSR count). The molecule has 7 nitrogen and oxygen atoms in total. The van der Waals surface area contributed by atoms with E-state index in [1.807, 2.05) is 36.4 Å². The van der Waals surface area contributed by atoms with Gasteiger partial charge < -0.3 is 24.5 Å². The Balaban J connectivity index is 1.18. The summed E-state index contributed by atoms with van der Waals surface area (Å²) in [4.78, 5) is 8.89. The summed E-state index contributed by atoms with van der Waals surface area (Å²) in [6, 6.07) is 16.1. The largest absolute Gasteiger partial charge is 0.454 e. The fourth-order valence-electron chi connectivity index (χ4n) is 3.69. The molecule has 0 amide bonds. The third-order valence-corrected chi connectivity index (χ3v) is 5.67. The van der Waals surface area contributed by atoms with Crippen LogP contribution in [0.1, 0.15) is 24.1 Å². The summed E-state index contributed by atoms with van der Waals surface area (Å²) in [6.07, 6.45) is 3.96. The van der Waals surface area contributed by atoms with E-state index in [1.165, 1.54) is 5.56 Å². The Hall–Kier alpha value is -3.48. The predicted molar refractivity (Wildman–Crippen MR) is 114 cm³/mol. The number of fused-ring (bicyclic) bond motifs is 1. The van der Waals surface area contributed by atoms with E-state index >= 15 is 0 Å². The molecule has 1 aliphatic heterocycles. The van der Waals surface area contributed by atoms with Gasteiger partial charge in [0.05, 0.1) is 12.2 Å². The van der Waals surface area contributed by atoms with E-state index in [9.17, 15) is 0 Å². The zero-order valence-corrected chi connectivity index (χ0v) is 16.9. The van der Waals surface area contributed by atoms with Crippen molar-refractivity contribution >= 4 is 5.96 Å². The van der Waals surface area contributed by atoms with Crippen LogP contribution in [0.25, 0.3) is 11.5 Å². The second kappa shape index (κ2) is 7.74. The number of hydrogen-bond acceptors (Lipinski definition) is 5. The summed E-state index contributed by atoms with van der Waals surface area (Å²) in [5.41, 5.74) is 3.19. The van der Waals surface area contributed by atoms with Crippen LogP contribution in [0, 0.1) is 0 Å². The molecule has 30 heavy (non-hydrogen) atoms. The average molecular weight is 404 g/mol. The number of hydrogen-bond donors (Lipinski definition) is 2. The molecule has 0 unspecified atom stereocenters. The molecule has 0 saturated heterocycles. The quantitative estimate of drug-likeness (QED) is 0.484. The summed E-state index contributed by atoms with van der Waals surface area (Å²) in [5.74, 6) is 3.02. The van der Waals surface area contributed by atoms with E-state index in [0.29, 0.717) is 19.2 Å². The number of ether oxygens (including phenoxy) is 2. The molecule has 2 N–H and O–H groups in total. The van der Waals surface area contributed by atoms with Crippen LogP contribution in [0.3, 0.4) is 0 Å². The van der Waals surface area contributed by atoms with Gasteiger partial charge in [0.25, 0.3) is 0 Å². The zero-order valence-electron chi connectivity index (χ0n) is 16.9. The molecule has 0 bridgehead atoms. The molecule has 7 heteroatoms. The number of nitrogens with one attached hydrogen (secondary N) is 2. The normalized spacial score (nSPS) is 16.4. The van der Waals surface area contributed by atoms with Crippen molar-refractivity contribution in [1.29, 1.82) is 0 Å². The van der Waals surface area contributed by atoms with Gasteiger partial charge in [0.2, 0.25) is 12.7 Å². The molecule has 2 aromatic carbocycles. The standard InChI is InChI=1S/C23H24N4O3/c1-24-22(25-12-18-13-28-21(27-18)16-5-3-2-4-6-16)26-14-23(9-10-23)17-7-8-19-20(11-17)30-15-29-19/h2-8,11,13H,9-10,12,14-15H2,1H3,(H2,24,25,26). The molecular weight excluding hydrogens is 380 g/mol. The summed E-state index contributed by atoms with van der Waals surface area (Å²) in [7, 11) is 1.77. The Morgan fingerprint density at radius 2 is 1.90 bits per heavy atom. The van der Waals surface area contributed by atoms with Crippen molar-refractivity contribution in [2.24, 2.45) is 4.99 Å². The van der Waals surface area contributed by atoms with Crippen LogP contribution in [-0.2, 0) is 12.0 Å². The Morgan fingerprint density at radius 1 is 1.07 bits per heavy atom. The highest BCUT2D eigenvalue weighted by Crippen LogP contribution is 2.49. The van der Waals surface area contributed by atoms with Gasteiger partial charge >= 0.3 is 0 Å². The SMILES string of the molecule is CN=C(NCc1coc(-c2ccccc2)n1)NCC1(c2ccc3c(c2)OCO3)CC1. The van der Waals surface area contributed by atoms with E-state index in [2.05, 4.69) is 32.7 Å². The highest BCUT2D eigenvalue weighted by Gasteiger charge is 2.44. The van der Waals surface area contributed by atoms with Gasteiger partial charge in [0, 0.05) is 24.6 Å². The minimum absolute atomic E-state index is 0.118. The minimum Gasteiger partial charge on any atom is -0.454 e. The molecule has 0 radical (unpaired) electrons. The van der Waals surface area contributed by atoms with Crippen LogP contribution in [0.2, 0.25) is 0 Å². The van der Waals surface area contributed by atoms with Gasteiger partial charge in [0.15, 0.2) is 17.5 Å². The average Bonchev–Trinajstić information content (AvgIpc) is 3.21. The maximum atomic E-state index is 5.60. The van der Waals surface area contributed by atoms with Crippen molar-refractivity contribution < 1.29 is 13.9 Å². The van der Waals surface area contributed by atoms with Crippen molar-refractivity contribution in [3.63, 3.8) is 0 Å². The van der Waals surface area contributed by atoms with Gasteiger partial charge in [-0.15, -0.1) is 0 Å². The third-order valence-electron chi connectivity index (χ3n) is 5.67. The van der Waals surface area contributed by atoms with Gasteiger partial charge in [-0.3, -0.25) is 4.99 Å². The van der Waals surface area contributed by atoms with Crippen molar-refractivity contribution in [3.05, 3.63) is 66.1 Å². The highest BCUT2D eigenvalue weighted by atomic mass is 16.7. The van der Waals surface area contributed by atoms with Gasteiger partial charge in [-0.05, 0) is 42.7 Å². The molecule has 0 atom stereocenters. The summed E-state index contributed by atoms with van der Waals surface area (Å²) < 4.78 is 16.6. The van der Waals surface area contributed by atoms with Crippen molar-refractivity contribution in [2.45, 2.75) is 24.8 Å². The van der Waals surface area contributed by atoms with Crippen LogP contribution in [0.4, 0.5) is 0 Å². The van der Waals surface area contributed by atoms with Gasteiger partial charge in [-0.1, -0.05) is 24.3 Å². The number of guanidine groups is 1. The lowest BCUT2D eigenvalue weighted by Gasteiger charge is -2.19. The van der Waals surface area contributed by atoms with Crippen molar-refractivity contribution in [2.75, 3.05) is 20.4 Å². The number of aromatic nitrogens is 1. The van der Waals surface area contributed by atoms with Crippen LogP contribution in [0.5, 0.6) is 11.5 Å². The Labute approximate surface area is 175 Å². The van der Waals surface area contributed by atoms with E-state index in [4.69, 9.17) is 13.9 Å². The molecule has 1 aliphatic carbocycles. The van der Waals surface area contributed by atoms with Gasteiger partial charge in [-0.2, -0.15) is 0 Å². The minimum atomic E-state index is 0.118. The Bertz CT molecular complexity index is 1060. The van der Waals surface area contributed by atoms with Crippen molar-refractivity contribution in [3.8, 4) is 23.0 Å². The van der Waals surface area contributed by atoms with E-state index in [-0.39, 0.29) is 5.41 Å². The maximum absolute atomic E-state index is 5.60. The molecule has 2 aliphatic rings. The topological polar surface area (TPSA) is 80.9 Å². The molecule has 1 aromatic heterocycles. The van der Waals surface area contributed by atoms with Gasteiger partial charge in [-0.25, -0.2) is 4.98 Å². The first-order valence-corrected chi connectivity index (χ1v) is 10.1. The van der Waals surface area contributed by atoms with Crippen molar-refractivity contribution in [1.82, 2.24) is 15.6 Å². The maximum Gasteiger partial charge on any atom is 0.231 e.